The number of carbonyl (C=O) groups is 1. The standard InChI is InChI=1S/C17H14BrN3O4/c1-23-12-4-2-11(3-5-12)21-9-10(8-15(21)22)16-19-17(25-20-16)13-6-7-14(18)24-13/h2-7,10H,8-9H2,1H3. The molecule has 0 spiro atoms. The fourth-order valence-corrected chi connectivity index (χ4v) is 3.13. The molecular weight excluding hydrogens is 390 g/mol. The van der Waals surface area contributed by atoms with Gasteiger partial charge >= 0.3 is 0 Å². The van der Waals surface area contributed by atoms with Gasteiger partial charge in [0.15, 0.2) is 16.3 Å². The molecule has 0 radical (unpaired) electrons. The lowest BCUT2D eigenvalue weighted by Gasteiger charge is -2.16. The molecule has 1 unspecified atom stereocenters. The molecule has 1 amide bonds. The Hall–Kier alpha value is -2.61. The predicted molar refractivity (Wildman–Crippen MR) is 92.4 cm³/mol. The van der Waals surface area contributed by atoms with E-state index < -0.39 is 0 Å². The lowest BCUT2D eigenvalue weighted by molar-refractivity contribution is -0.117. The Bertz CT molecular complexity index is 903. The van der Waals surface area contributed by atoms with Crippen molar-refractivity contribution in [2.24, 2.45) is 0 Å². The third-order valence-corrected chi connectivity index (χ3v) is 4.53. The average Bonchev–Trinajstić information content (AvgIpc) is 3.34. The highest BCUT2D eigenvalue weighted by Crippen LogP contribution is 2.32. The topological polar surface area (TPSA) is 81.6 Å². The third kappa shape index (κ3) is 3.05. The minimum Gasteiger partial charge on any atom is -0.497 e. The van der Waals surface area contributed by atoms with Gasteiger partial charge in [0.2, 0.25) is 5.91 Å². The lowest BCUT2D eigenvalue weighted by Crippen LogP contribution is -2.24. The second-order valence-corrected chi connectivity index (χ2v) is 6.45. The number of anilines is 1. The zero-order valence-corrected chi connectivity index (χ0v) is 14.9. The van der Waals surface area contributed by atoms with E-state index in [-0.39, 0.29) is 11.8 Å². The number of ether oxygens (including phenoxy) is 1. The Morgan fingerprint density at radius 2 is 2.04 bits per heavy atom. The zero-order chi connectivity index (χ0) is 17.4. The van der Waals surface area contributed by atoms with Crippen LogP contribution >= 0.6 is 15.9 Å². The molecule has 1 fully saturated rings. The van der Waals surface area contributed by atoms with Crippen molar-refractivity contribution in [3.63, 3.8) is 0 Å². The highest BCUT2D eigenvalue weighted by atomic mass is 79.9. The monoisotopic (exact) mass is 403 g/mol. The van der Waals surface area contributed by atoms with Crippen molar-refractivity contribution < 1.29 is 18.5 Å². The minimum absolute atomic E-state index is 0.0299. The first kappa shape index (κ1) is 15.9. The fraction of sp³-hybridized carbons (Fsp3) is 0.235. The summed E-state index contributed by atoms with van der Waals surface area (Å²) in [7, 11) is 1.61. The number of aromatic nitrogens is 2. The van der Waals surface area contributed by atoms with Crippen LogP contribution in [0.1, 0.15) is 18.2 Å². The molecule has 1 aliphatic rings. The molecule has 4 rings (SSSR count). The van der Waals surface area contributed by atoms with Crippen LogP contribution in [0.5, 0.6) is 5.75 Å². The van der Waals surface area contributed by atoms with Crippen LogP contribution in [0.2, 0.25) is 0 Å². The van der Waals surface area contributed by atoms with E-state index in [1.807, 2.05) is 24.3 Å². The van der Waals surface area contributed by atoms with Crippen LogP contribution in [0.4, 0.5) is 5.69 Å². The van der Waals surface area contributed by atoms with Crippen LogP contribution < -0.4 is 9.64 Å². The average molecular weight is 404 g/mol. The first-order chi connectivity index (χ1) is 12.1. The Morgan fingerprint density at radius 1 is 1.24 bits per heavy atom. The normalized spacial score (nSPS) is 17.3. The number of rotatable bonds is 4. The number of hydrogen-bond acceptors (Lipinski definition) is 6. The number of carbonyl (C=O) groups excluding carboxylic acids is 1. The van der Waals surface area contributed by atoms with Gasteiger partial charge in [-0.1, -0.05) is 5.16 Å². The lowest BCUT2D eigenvalue weighted by atomic mass is 10.1. The van der Waals surface area contributed by atoms with Crippen LogP contribution in [0.3, 0.4) is 0 Å². The summed E-state index contributed by atoms with van der Waals surface area (Å²) in [6, 6.07) is 10.9. The number of nitrogens with zero attached hydrogens (tertiary/aromatic N) is 3. The van der Waals surface area contributed by atoms with Crippen molar-refractivity contribution in [1.82, 2.24) is 10.1 Å². The molecule has 0 N–H and O–H groups in total. The summed E-state index contributed by atoms with van der Waals surface area (Å²) < 4.78 is 16.4. The molecule has 128 valence electrons. The van der Waals surface area contributed by atoms with Crippen molar-refractivity contribution in [1.29, 1.82) is 0 Å². The molecule has 0 aliphatic carbocycles. The highest BCUT2D eigenvalue weighted by Gasteiger charge is 2.34. The molecule has 25 heavy (non-hydrogen) atoms. The van der Waals surface area contributed by atoms with Gasteiger partial charge in [0.25, 0.3) is 5.89 Å². The summed E-state index contributed by atoms with van der Waals surface area (Å²) in [5, 5.41) is 4.01. The number of amides is 1. The molecule has 7 nitrogen and oxygen atoms in total. The molecule has 1 atom stereocenters. The van der Waals surface area contributed by atoms with Crippen molar-refractivity contribution in [2.75, 3.05) is 18.6 Å². The summed E-state index contributed by atoms with van der Waals surface area (Å²) in [6.07, 6.45) is 0.340. The second-order valence-electron chi connectivity index (χ2n) is 5.66. The van der Waals surface area contributed by atoms with Gasteiger partial charge < -0.3 is 18.6 Å². The van der Waals surface area contributed by atoms with Crippen LogP contribution in [0.25, 0.3) is 11.7 Å². The number of hydrogen-bond donors (Lipinski definition) is 0. The van der Waals surface area contributed by atoms with E-state index in [4.69, 9.17) is 13.7 Å². The number of benzene rings is 1. The fourth-order valence-electron chi connectivity index (χ4n) is 2.82. The maximum atomic E-state index is 12.4. The molecule has 3 aromatic rings. The zero-order valence-electron chi connectivity index (χ0n) is 13.3. The molecule has 0 bridgehead atoms. The van der Waals surface area contributed by atoms with E-state index in [1.54, 1.807) is 24.1 Å². The number of halogens is 1. The maximum absolute atomic E-state index is 12.4. The largest absolute Gasteiger partial charge is 0.497 e. The summed E-state index contributed by atoms with van der Waals surface area (Å²) >= 11 is 3.24. The Morgan fingerprint density at radius 3 is 2.72 bits per heavy atom. The van der Waals surface area contributed by atoms with E-state index in [0.717, 1.165) is 11.4 Å². The maximum Gasteiger partial charge on any atom is 0.293 e. The Balaban J connectivity index is 1.53. The summed E-state index contributed by atoms with van der Waals surface area (Å²) in [5.41, 5.74) is 0.826. The second kappa shape index (κ2) is 6.36. The molecule has 1 aliphatic heterocycles. The van der Waals surface area contributed by atoms with Gasteiger partial charge in [0.1, 0.15) is 5.75 Å². The van der Waals surface area contributed by atoms with Gasteiger partial charge in [0, 0.05) is 24.6 Å². The van der Waals surface area contributed by atoms with E-state index in [0.29, 0.717) is 35.1 Å². The SMILES string of the molecule is COc1ccc(N2CC(c3noc(-c4ccc(Br)o4)n3)CC2=O)cc1. The first-order valence-corrected chi connectivity index (χ1v) is 8.47. The van der Waals surface area contributed by atoms with Crippen LogP contribution in [0, 0.1) is 0 Å². The summed E-state index contributed by atoms with van der Waals surface area (Å²) in [5.74, 6) is 1.96. The predicted octanol–water partition coefficient (Wildman–Crippen LogP) is 3.62. The van der Waals surface area contributed by atoms with Crippen LogP contribution in [-0.4, -0.2) is 29.7 Å². The number of furan rings is 1. The van der Waals surface area contributed by atoms with Crippen molar-refractivity contribution in [3.05, 3.63) is 46.9 Å². The summed E-state index contributed by atoms with van der Waals surface area (Å²) in [6.45, 7) is 0.506. The Kier molecular flexibility index (Phi) is 4.04. The van der Waals surface area contributed by atoms with Gasteiger partial charge in [-0.3, -0.25) is 4.79 Å². The molecular formula is C17H14BrN3O4. The summed E-state index contributed by atoms with van der Waals surface area (Å²) in [4.78, 5) is 18.5. The third-order valence-electron chi connectivity index (χ3n) is 4.10. The number of methoxy groups -OCH3 is 1. The van der Waals surface area contributed by atoms with Crippen LogP contribution in [0.15, 0.2) is 50.0 Å². The molecule has 3 heterocycles. The van der Waals surface area contributed by atoms with Gasteiger partial charge in [-0.2, -0.15) is 4.98 Å². The molecule has 0 saturated carbocycles. The van der Waals surface area contributed by atoms with Gasteiger partial charge in [-0.25, -0.2) is 0 Å². The first-order valence-electron chi connectivity index (χ1n) is 7.68. The van der Waals surface area contributed by atoms with Crippen molar-refractivity contribution in [3.8, 4) is 17.4 Å². The smallest absolute Gasteiger partial charge is 0.293 e. The van der Waals surface area contributed by atoms with Crippen LogP contribution in [-0.2, 0) is 4.79 Å². The van der Waals surface area contributed by atoms with E-state index in [1.165, 1.54) is 0 Å². The Labute approximate surface area is 151 Å². The van der Waals surface area contributed by atoms with E-state index >= 15 is 0 Å². The van der Waals surface area contributed by atoms with E-state index in [2.05, 4.69) is 26.1 Å². The minimum atomic E-state index is -0.120. The molecule has 1 saturated heterocycles. The van der Waals surface area contributed by atoms with Gasteiger partial charge in [-0.15, -0.1) is 0 Å². The van der Waals surface area contributed by atoms with Crippen molar-refractivity contribution >= 4 is 27.5 Å². The highest BCUT2D eigenvalue weighted by molar-refractivity contribution is 9.10. The van der Waals surface area contributed by atoms with E-state index in [9.17, 15) is 4.79 Å². The quantitative estimate of drug-likeness (QED) is 0.661. The van der Waals surface area contributed by atoms with Gasteiger partial charge in [-0.05, 0) is 52.3 Å². The van der Waals surface area contributed by atoms with Crippen molar-refractivity contribution in [2.45, 2.75) is 12.3 Å². The molecule has 8 heteroatoms. The molecule has 1 aromatic carbocycles. The van der Waals surface area contributed by atoms with Gasteiger partial charge in [0.05, 0.1) is 7.11 Å². The molecule has 2 aromatic heterocycles.